The Labute approximate surface area is 114 Å². The zero-order valence-electron chi connectivity index (χ0n) is 11.8. The van der Waals surface area contributed by atoms with Gasteiger partial charge in [-0.3, -0.25) is 4.90 Å². The van der Waals surface area contributed by atoms with Gasteiger partial charge in [-0.15, -0.1) is 0 Å². The maximum Gasteiger partial charge on any atom is 0.119 e. The van der Waals surface area contributed by atoms with Crippen LogP contribution in [-0.2, 0) is 9.47 Å². The van der Waals surface area contributed by atoms with Gasteiger partial charge in [-0.1, -0.05) is 0 Å². The van der Waals surface area contributed by atoms with Crippen molar-refractivity contribution in [3.05, 3.63) is 23.8 Å². The van der Waals surface area contributed by atoms with Crippen LogP contribution in [0.5, 0.6) is 11.5 Å². The van der Waals surface area contributed by atoms with Gasteiger partial charge >= 0.3 is 0 Å². The molecule has 0 aromatic heterocycles. The van der Waals surface area contributed by atoms with Gasteiger partial charge in [0, 0.05) is 39.4 Å². The second kappa shape index (κ2) is 7.99. The minimum absolute atomic E-state index is 0.0586. The van der Waals surface area contributed by atoms with E-state index in [2.05, 4.69) is 4.90 Å². The van der Waals surface area contributed by atoms with E-state index in [0.29, 0.717) is 13.2 Å². The number of nitrogens with zero attached hydrogens (tertiary/aromatic N) is 1. The van der Waals surface area contributed by atoms with E-state index in [1.54, 1.807) is 26.4 Å². The van der Waals surface area contributed by atoms with Crippen LogP contribution >= 0.6 is 0 Å². The summed E-state index contributed by atoms with van der Waals surface area (Å²) in [5.74, 6) is 0.139. The Bertz CT molecular complexity index is 355. The highest BCUT2D eigenvalue weighted by atomic mass is 16.5. The molecule has 1 rings (SSSR count). The van der Waals surface area contributed by atoms with Gasteiger partial charge in [-0.2, -0.15) is 0 Å². The molecule has 0 bridgehead atoms. The van der Waals surface area contributed by atoms with Crippen molar-refractivity contribution in [2.45, 2.75) is 13.0 Å². The predicted octanol–water partition coefficient (Wildman–Crippen LogP) is 1.75. The molecule has 0 amide bonds. The van der Waals surface area contributed by atoms with Crippen LogP contribution in [0.3, 0.4) is 0 Å². The largest absolute Gasteiger partial charge is 0.508 e. The predicted molar refractivity (Wildman–Crippen MR) is 73.5 cm³/mol. The van der Waals surface area contributed by atoms with Crippen LogP contribution in [0.15, 0.2) is 18.2 Å². The lowest BCUT2D eigenvalue weighted by Gasteiger charge is -2.29. The molecule has 0 saturated heterocycles. The Morgan fingerprint density at radius 1 is 1.00 bits per heavy atom. The molecule has 0 saturated carbocycles. The molecule has 1 aromatic carbocycles. The molecule has 108 valence electrons. The first-order valence-corrected chi connectivity index (χ1v) is 6.33. The number of phenolic OH excluding ortho intramolecular Hbond substituents is 2. The minimum atomic E-state index is 0.0586. The highest BCUT2D eigenvalue weighted by molar-refractivity contribution is 5.37. The number of hydrogen-bond acceptors (Lipinski definition) is 5. The molecule has 2 N–H and O–H groups in total. The first-order chi connectivity index (χ1) is 9.08. The fraction of sp³-hybridized carbons (Fsp3) is 0.571. The van der Waals surface area contributed by atoms with E-state index in [0.717, 1.165) is 18.7 Å². The summed E-state index contributed by atoms with van der Waals surface area (Å²) >= 11 is 0. The van der Waals surface area contributed by atoms with Gasteiger partial charge in [0.05, 0.1) is 13.2 Å². The van der Waals surface area contributed by atoms with Crippen molar-refractivity contribution in [1.29, 1.82) is 0 Å². The van der Waals surface area contributed by atoms with E-state index < -0.39 is 0 Å². The van der Waals surface area contributed by atoms with Gasteiger partial charge in [0.15, 0.2) is 0 Å². The number of aromatic hydroxyl groups is 2. The summed E-state index contributed by atoms with van der Waals surface area (Å²) in [4.78, 5) is 2.18. The number of phenols is 2. The fourth-order valence-electron chi connectivity index (χ4n) is 1.99. The van der Waals surface area contributed by atoms with Crippen LogP contribution in [0.4, 0.5) is 0 Å². The Balaban J connectivity index is 2.80. The van der Waals surface area contributed by atoms with Crippen molar-refractivity contribution in [2.24, 2.45) is 0 Å². The smallest absolute Gasteiger partial charge is 0.119 e. The zero-order chi connectivity index (χ0) is 14.3. The molecule has 5 heteroatoms. The topological polar surface area (TPSA) is 62.2 Å². The lowest BCUT2D eigenvalue weighted by molar-refractivity contribution is 0.0919. The molecule has 5 nitrogen and oxygen atoms in total. The first-order valence-electron chi connectivity index (χ1n) is 6.33. The Morgan fingerprint density at radius 3 is 1.89 bits per heavy atom. The molecular weight excluding hydrogens is 246 g/mol. The standard InChI is InChI=1S/C14H23NO4/c1-11(12-8-13(16)10-14(17)9-12)15(4-6-18-2)5-7-19-3/h8-11,16-17H,4-7H2,1-3H3. The highest BCUT2D eigenvalue weighted by Gasteiger charge is 2.16. The van der Waals surface area contributed by atoms with Gasteiger partial charge in [-0.05, 0) is 24.6 Å². The lowest BCUT2D eigenvalue weighted by Crippen LogP contribution is -2.33. The molecule has 0 heterocycles. The van der Waals surface area contributed by atoms with Crippen molar-refractivity contribution < 1.29 is 19.7 Å². The summed E-state index contributed by atoms with van der Waals surface area (Å²) < 4.78 is 10.2. The van der Waals surface area contributed by atoms with Gasteiger partial charge < -0.3 is 19.7 Å². The van der Waals surface area contributed by atoms with Gasteiger partial charge in [0.25, 0.3) is 0 Å². The van der Waals surface area contributed by atoms with Crippen LogP contribution in [0.25, 0.3) is 0 Å². The third-order valence-electron chi connectivity index (χ3n) is 3.12. The number of methoxy groups -OCH3 is 2. The minimum Gasteiger partial charge on any atom is -0.508 e. The molecule has 19 heavy (non-hydrogen) atoms. The normalized spacial score (nSPS) is 12.8. The summed E-state index contributed by atoms with van der Waals surface area (Å²) in [5.41, 5.74) is 0.865. The summed E-state index contributed by atoms with van der Waals surface area (Å²) in [6, 6.07) is 4.71. The van der Waals surface area contributed by atoms with Gasteiger partial charge in [0.1, 0.15) is 11.5 Å². The molecular formula is C14H23NO4. The van der Waals surface area contributed by atoms with Crippen LogP contribution in [0, 0.1) is 0 Å². The van der Waals surface area contributed by atoms with Gasteiger partial charge in [0.2, 0.25) is 0 Å². The highest BCUT2D eigenvalue weighted by Crippen LogP contribution is 2.27. The maximum atomic E-state index is 9.55. The van der Waals surface area contributed by atoms with Crippen molar-refractivity contribution in [1.82, 2.24) is 4.90 Å². The lowest BCUT2D eigenvalue weighted by atomic mass is 10.1. The second-order valence-electron chi connectivity index (χ2n) is 4.48. The van der Waals surface area contributed by atoms with E-state index in [-0.39, 0.29) is 17.5 Å². The monoisotopic (exact) mass is 269 g/mol. The molecule has 0 fully saturated rings. The Morgan fingerprint density at radius 2 is 1.47 bits per heavy atom. The Kier molecular flexibility index (Phi) is 6.62. The van der Waals surface area contributed by atoms with Crippen molar-refractivity contribution in [3.63, 3.8) is 0 Å². The maximum absolute atomic E-state index is 9.55. The quantitative estimate of drug-likeness (QED) is 0.753. The average Bonchev–Trinajstić information content (AvgIpc) is 2.37. The van der Waals surface area contributed by atoms with Crippen molar-refractivity contribution in [3.8, 4) is 11.5 Å². The third kappa shape index (κ3) is 5.06. The summed E-state index contributed by atoms with van der Waals surface area (Å²) in [6.45, 7) is 4.80. The first kappa shape index (κ1) is 15.8. The number of rotatable bonds is 8. The van der Waals surface area contributed by atoms with E-state index in [1.807, 2.05) is 6.92 Å². The summed E-state index contributed by atoms with van der Waals surface area (Å²) in [6.07, 6.45) is 0. The van der Waals surface area contributed by atoms with Crippen LogP contribution in [-0.4, -0.2) is 55.6 Å². The number of hydrogen-bond donors (Lipinski definition) is 2. The SMILES string of the molecule is COCCN(CCOC)C(C)c1cc(O)cc(O)c1. The Hall–Kier alpha value is -1.30. The molecule has 0 spiro atoms. The molecule has 0 aliphatic rings. The molecule has 0 aliphatic heterocycles. The molecule has 1 atom stereocenters. The van der Waals surface area contributed by atoms with E-state index in [1.165, 1.54) is 6.07 Å². The van der Waals surface area contributed by atoms with Crippen LogP contribution in [0.2, 0.25) is 0 Å². The van der Waals surface area contributed by atoms with Crippen LogP contribution < -0.4 is 0 Å². The number of benzene rings is 1. The summed E-state index contributed by atoms with van der Waals surface area (Å²) in [7, 11) is 3.33. The second-order valence-corrected chi connectivity index (χ2v) is 4.48. The molecule has 0 aliphatic carbocycles. The average molecular weight is 269 g/mol. The van der Waals surface area contributed by atoms with Gasteiger partial charge in [-0.25, -0.2) is 0 Å². The fourth-order valence-corrected chi connectivity index (χ4v) is 1.99. The van der Waals surface area contributed by atoms with E-state index in [4.69, 9.17) is 9.47 Å². The van der Waals surface area contributed by atoms with E-state index >= 15 is 0 Å². The van der Waals surface area contributed by atoms with Crippen molar-refractivity contribution in [2.75, 3.05) is 40.5 Å². The summed E-state index contributed by atoms with van der Waals surface area (Å²) in [5, 5.41) is 19.1. The van der Waals surface area contributed by atoms with E-state index in [9.17, 15) is 10.2 Å². The molecule has 0 radical (unpaired) electrons. The molecule has 1 unspecified atom stereocenters. The number of ether oxygens (including phenoxy) is 2. The zero-order valence-corrected chi connectivity index (χ0v) is 11.8. The third-order valence-corrected chi connectivity index (χ3v) is 3.12. The van der Waals surface area contributed by atoms with Crippen molar-refractivity contribution >= 4 is 0 Å². The molecule has 1 aromatic rings. The van der Waals surface area contributed by atoms with Crippen LogP contribution in [0.1, 0.15) is 18.5 Å².